The molecular weight excluding hydrogens is 528 g/mol. The van der Waals surface area contributed by atoms with Crippen LogP contribution in [0, 0.1) is 0 Å². The largest absolute Gasteiger partial charge is 0.494 e. The quantitative estimate of drug-likeness (QED) is 0.236. The third kappa shape index (κ3) is 4.47. The molecule has 11 nitrogen and oxygen atoms in total. The number of hydrogen-bond acceptors (Lipinski definition) is 10. The molecule has 40 heavy (non-hydrogen) atoms. The van der Waals surface area contributed by atoms with Gasteiger partial charge in [0.2, 0.25) is 5.95 Å². The van der Waals surface area contributed by atoms with E-state index in [0.29, 0.717) is 51.0 Å². The molecule has 6 rings (SSSR count). The summed E-state index contributed by atoms with van der Waals surface area (Å²) in [6.07, 6.45) is 7.58. The van der Waals surface area contributed by atoms with Crippen molar-refractivity contribution in [2.45, 2.75) is 26.3 Å². The average molecular weight is 557 g/mol. The summed E-state index contributed by atoms with van der Waals surface area (Å²) in [6.45, 7) is 5.27. The van der Waals surface area contributed by atoms with Crippen LogP contribution >= 0.6 is 11.6 Å². The SMILES string of the molecule is COc1cc2c(cc1Nc1ncc(Cl)c(Nc3ccc4nccnc4c3N)n1)-c1cnn(C)c1CCN2C(C)C. The number of benzene rings is 2. The second-order valence-electron chi connectivity index (χ2n) is 9.83. The number of halogens is 1. The highest BCUT2D eigenvalue weighted by Gasteiger charge is 2.26. The molecule has 1 aliphatic heterocycles. The van der Waals surface area contributed by atoms with Crippen LogP contribution in [0.3, 0.4) is 0 Å². The van der Waals surface area contributed by atoms with Gasteiger partial charge in [0.15, 0.2) is 5.82 Å². The van der Waals surface area contributed by atoms with Crippen molar-refractivity contribution < 1.29 is 4.74 Å². The van der Waals surface area contributed by atoms with Gasteiger partial charge in [-0.05, 0) is 32.0 Å². The number of aryl methyl sites for hydroxylation is 1. The molecule has 0 fully saturated rings. The molecule has 0 bridgehead atoms. The van der Waals surface area contributed by atoms with Crippen molar-refractivity contribution in [1.82, 2.24) is 29.7 Å². The van der Waals surface area contributed by atoms with Crippen molar-refractivity contribution in [3.05, 3.63) is 59.8 Å². The van der Waals surface area contributed by atoms with Gasteiger partial charge < -0.3 is 26.0 Å². The Morgan fingerprint density at radius 3 is 2.65 bits per heavy atom. The minimum absolute atomic E-state index is 0.311. The summed E-state index contributed by atoms with van der Waals surface area (Å²) < 4.78 is 7.76. The van der Waals surface area contributed by atoms with Crippen LogP contribution in [0.15, 0.2) is 49.1 Å². The first kappa shape index (κ1) is 25.6. The summed E-state index contributed by atoms with van der Waals surface area (Å²) in [5, 5.41) is 11.4. The first-order valence-corrected chi connectivity index (χ1v) is 13.3. The minimum Gasteiger partial charge on any atom is -0.494 e. The topological polar surface area (TPSA) is 132 Å². The second-order valence-corrected chi connectivity index (χ2v) is 10.2. The van der Waals surface area contributed by atoms with Gasteiger partial charge in [0.1, 0.15) is 16.3 Å². The summed E-state index contributed by atoms with van der Waals surface area (Å²) in [4.78, 5) is 20.1. The van der Waals surface area contributed by atoms with E-state index in [9.17, 15) is 0 Å². The van der Waals surface area contributed by atoms with Gasteiger partial charge in [0.25, 0.3) is 0 Å². The van der Waals surface area contributed by atoms with Gasteiger partial charge in [-0.2, -0.15) is 10.1 Å². The molecule has 4 heterocycles. The van der Waals surface area contributed by atoms with Gasteiger partial charge in [-0.15, -0.1) is 0 Å². The van der Waals surface area contributed by atoms with E-state index in [2.05, 4.69) is 66.5 Å². The molecule has 0 spiro atoms. The number of ether oxygens (including phenoxy) is 1. The number of methoxy groups -OCH3 is 1. The van der Waals surface area contributed by atoms with Crippen LogP contribution in [0.2, 0.25) is 5.02 Å². The van der Waals surface area contributed by atoms with E-state index in [0.717, 1.165) is 35.5 Å². The Bertz CT molecular complexity index is 1730. The molecule has 0 amide bonds. The molecule has 3 aromatic heterocycles. The summed E-state index contributed by atoms with van der Waals surface area (Å²) in [5.41, 5.74) is 13.9. The molecule has 0 saturated carbocycles. The zero-order valence-corrected chi connectivity index (χ0v) is 23.4. The summed E-state index contributed by atoms with van der Waals surface area (Å²) in [6, 6.07) is 8.10. The Balaban J connectivity index is 1.38. The number of nitrogen functional groups attached to an aromatic ring is 1. The molecule has 12 heteroatoms. The maximum atomic E-state index is 6.47. The van der Waals surface area contributed by atoms with Gasteiger partial charge in [-0.1, -0.05) is 11.6 Å². The van der Waals surface area contributed by atoms with E-state index in [-0.39, 0.29) is 0 Å². The number of hydrogen-bond donors (Lipinski definition) is 3. The van der Waals surface area contributed by atoms with E-state index in [1.165, 1.54) is 11.9 Å². The molecular formula is C28H29ClN10O. The molecule has 1 aliphatic rings. The number of nitrogens with two attached hydrogens (primary N) is 1. The first-order valence-electron chi connectivity index (χ1n) is 12.9. The Morgan fingerprint density at radius 2 is 1.85 bits per heavy atom. The lowest BCUT2D eigenvalue weighted by Crippen LogP contribution is -2.32. The fourth-order valence-corrected chi connectivity index (χ4v) is 5.22. The normalized spacial score (nSPS) is 12.7. The van der Waals surface area contributed by atoms with E-state index in [4.69, 9.17) is 22.1 Å². The Kier molecular flexibility index (Phi) is 6.51. The Hall–Kier alpha value is -4.64. The molecule has 4 N–H and O–H groups in total. The third-order valence-electron chi connectivity index (χ3n) is 7.12. The monoisotopic (exact) mass is 556 g/mol. The van der Waals surface area contributed by atoms with Crippen molar-refractivity contribution >= 4 is 57.2 Å². The van der Waals surface area contributed by atoms with E-state index >= 15 is 0 Å². The summed E-state index contributed by atoms with van der Waals surface area (Å²) in [7, 11) is 3.64. The summed E-state index contributed by atoms with van der Waals surface area (Å²) >= 11 is 6.47. The van der Waals surface area contributed by atoms with Crippen molar-refractivity contribution in [3.63, 3.8) is 0 Å². The number of nitrogens with zero attached hydrogens (tertiary/aromatic N) is 7. The highest BCUT2D eigenvalue weighted by Crippen LogP contribution is 2.43. The van der Waals surface area contributed by atoms with E-state index in [1.807, 2.05) is 30.1 Å². The molecule has 0 saturated heterocycles. The van der Waals surface area contributed by atoms with Crippen LogP contribution in [-0.2, 0) is 13.5 Å². The lowest BCUT2D eigenvalue weighted by atomic mass is 10.0. The van der Waals surface area contributed by atoms with Crippen LogP contribution in [0.5, 0.6) is 5.75 Å². The molecule has 0 atom stereocenters. The van der Waals surface area contributed by atoms with Gasteiger partial charge in [0, 0.05) is 67.0 Å². The predicted molar refractivity (Wildman–Crippen MR) is 159 cm³/mol. The van der Waals surface area contributed by atoms with E-state index < -0.39 is 0 Å². The van der Waals surface area contributed by atoms with Gasteiger partial charge in [-0.3, -0.25) is 14.6 Å². The zero-order chi connectivity index (χ0) is 28.0. The number of fused-ring (bicyclic) bond motifs is 4. The Labute approximate surface area is 236 Å². The smallest absolute Gasteiger partial charge is 0.229 e. The fourth-order valence-electron chi connectivity index (χ4n) is 5.09. The molecule has 0 aliphatic carbocycles. The second kappa shape index (κ2) is 10.2. The van der Waals surface area contributed by atoms with Crippen molar-refractivity contribution in [3.8, 4) is 16.9 Å². The van der Waals surface area contributed by atoms with Crippen LogP contribution in [-0.4, -0.2) is 49.4 Å². The number of anilines is 6. The predicted octanol–water partition coefficient (Wildman–Crippen LogP) is 5.32. The number of rotatable bonds is 6. The molecule has 2 aromatic carbocycles. The van der Waals surface area contributed by atoms with Crippen LogP contribution < -0.4 is 26.0 Å². The van der Waals surface area contributed by atoms with Gasteiger partial charge in [-0.25, -0.2) is 4.98 Å². The summed E-state index contributed by atoms with van der Waals surface area (Å²) in [5.74, 6) is 1.40. The molecule has 0 radical (unpaired) electrons. The first-order chi connectivity index (χ1) is 19.3. The molecule has 204 valence electrons. The maximum Gasteiger partial charge on any atom is 0.229 e. The fraction of sp³-hybridized carbons (Fsp3) is 0.250. The van der Waals surface area contributed by atoms with Crippen LogP contribution in [0.4, 0.5) is 34.5 Å². The van der Waals surface area contributed by atoms with Gasteiger partial charge >= 0.3 is 0 Å². The maximum absolute atomic E-state index is 6.47. The standard InChI is InChI=1S/C28H29ClN10O/c1-15(2)39-10-7-22-17(13-34-38(22)3)16-11-21(24(40-4)12-23(16)39)36-28-33-14-18(29)27(37-28)35-19-5-6-20-26(25(19)30)32-9-8-31-20/h5-6,8-9,11-15H,7,10,30H2,1-4H3,(H2,33,35,36,37). The van der Waals surface area contributed by atoms with Crippen LogP contribution in [0.25, 0.3) is 22.2 Å². The van der Waals surface area contributed by atoms with Gasteiger partial charge in [0.05, 0.1) is 42.1 Å². The number of nitrogens with one attached hydrogen (secondary N) is 2. The third-order valence-corrected chi connectivity index (χ3v) is 7.39. The average Bonchev–Trinajstić information content (AvgIpc) is 3.23. The lowest BCUT2D eigenvalue weighted by molar-refractivity contribution is 0.416. The van der Waals surface area contributed by atoms with Crippen molar-refractivity contribution in [2.24, 2.45) is 7.05 Å². The number of aromatic nitrogens is 6. The highest BCUT2D eigenvalue weighted by atomic mass is 35.5. The zero-order valence-electron chi connectivity index (χ0n) is 22.6. The van der Waals surface area contributed by atoms with Crippen molar-refractivity contribution in [2.75, 3.05) is 34.9 Å². The molecule has 0 unspecified atom stereocenters. The van der Waals surface area contributed by atoms with E-state index in [1.54, 1.807) is 19.5 Å². The van der Waals surface area contributed by atoms with Crippen LogP contribution in [0.1, 0.15) is 19.5 Å². The Morgan fingerprint density at radius 1 is 1.02 bits per heavy atom. The van der Waals surface area contributed by atoms with Crippen molar-refractivity contribution in [1.29, 1.82) is 0 Å². The highest BCUT2D eigenvalue weighted by molar-refractivity contribution is 6.33. The minimum atomic E-state index is 0.311. The lowest BCUT2D eigenvalue weighted by Gasteiger charge is -2.30. The molecule has 5 aromatic rings.